The minimum atomic E-state index is -4.37. The zero-order valence-corrected chi connectivity index (χ0v) is 13.1. The summed E-state index contributed by atoms with van der Waals surface area (Å²) in [5, 5.41) is 4.07. The summed E-state index contributed by atoms with van der Waals surface area (Å²) in [7, 11) is 0. The lowest BCUT2D eigenvalue weighted by atomic mass is 10.1. The number of fused-ring (bicyclic) bond motifs is 3. The van der Waals surface area contributed by atoms with Crippen molar-refractivity contribution in [2.75, 3.05) is 0 Å². The van der Waals surface area contributed by atoms with E-state index in [0.717, 1.165) is 23.1 Å². The average molecular weight is 345 g/mol. The first-order valence-electron chi connectivity index (χ1n) is 7.81. The van der Waals surface area contributed by atoms with E-state index < -0.39 is 11.7 Å². The highest BCUT2D eigenvalue weighted by molar-refractivity contribution is 5.80. The number of halogens is 3. The van der Waals surface area contributed by atoms with Crippen LogP contribution in [-0.2, 0) is 25.8 Å². The highest BCUT2D eigenvalue weighted by Crippen LogP contribution is 2.29. The maximum atomic E-state index is 12.8. The first kappa shape index (κ1) is 15.8. The molecule has 3 heterocycles. The Kier molecular flexibility index (Phi) is 3.61. The predicted octanol–water partition coefficient (Wildman–Crippen LogP) is 3.07. The van der Waals surface area contributed by atoms with Crippen LogP contribution in [0.2, 0.25) is 0 Å². The van der Waals surface area contributed by atoms with E-state index in [1.807, 2.05) is 12.1 Å². The molecule has 3 aromatic rings. The number of aromatic nitrogens is 2. The summed E-state index contributed by atoms with van der Waals surface area (Å²) < 4.78 is 39.6. The van der Waals surface area contributed by atoms with Crippen molar-refractivity contribution in [2.45, 2.75) is 25.8 Å². The molecule has 1 aliphatic heterocycles. The van der Waals surface area contributed by atoms with E-state index in [4.69, 9.17) is 0 Å². The van der Waals surface area contributed by atoms with Crippen molar-refractivity contribution < 1.29 is 13.2 Å². The molecule has 0 unspecified atom stereocenters. The van der Waals surface area contributed by atoms with Crippen LogP contribution in [0.4, 0.5) is 13.2 Å². The van der Waals surface area contributed by atoms with Gasteiger partial charge in [0, 0.05) is 30.2 Å². The van der Waals surface area contributed by atoms with Crippen LogP contribution in [0.3, 0.4) is 0 Å². The molecule has 0 fully saturated rings. The topological polar surface area (TPSA) is 46.9 Å². The van der Waals surface area contributed by atoms with Gasteiger partial charge in [-0.05, 0) is 35.4 Å². The molecule has 0 amide bonds. The Labute approximate surface area is 140 Å². The summed E-state index contributed by atoms with van der Waals surface area (Å²) >= 11 is 0. The third kappa shape index (κ3) is 2.70. The molecule has 0 bridgehead atoms. The lowest BCUT2D eigenvalue weighted by Gasteiger charge is -2.13. The zero-order valence-electron chi connectivity index (χ0n) is 13.1. The molecule has 128 valence electrons. The Balaban J connectivity index is 1.81. The van der Waals surface area contributed by atoms with Gasteiger partial charge in [-0.15, -0.1) is 0 Å². The SMILES string of the molecule is O=c1c2c(c3cccnc3n1Cc1ccc(C(F)(F)F)cc1)CNC2. The van der Waals surface area contributed by atoms with Crippen molar-refractivity contribution in [3.05, 3.63) is 75.2 Å². The van der Waals surface area contributed by atoms with Crippen LogP contribution in [0.25, 0.3) is 11.0 Å². The number of nitrogens with one attached hydrogen (secondary N) is 1. The van der Waals surface area contributed by atoms with Gasteiger partial charge < -0.3 is 5.32 Å². The van der Waals surface area contributed by atoms with Crippen LogP contribution in [0.1, 0.15) is 22.3 Å². The number of pyridine rings is 2. The molecule has 2 aromatic heterocycles. The smallest absolute Gasteiger partial charge is 0.308 e. The van der Waals surface area contributed by atoms with Gasteiger partial charge in [0.05, 0.1) is 12.1 Å². The van der Waals surface area contributed by atoms with Gasteiger partial charge in [0.1, 0.15) is 5.65 Å². The normalized spacial score (nSPS) is 14.0. The highest BCUT2D eigenvalue weighted by atomic mass is 19.4. The molecule has 4 nitrogen and oxygen atoms in total. The molecule has 0 radical (unpaired) electrons. The maximum Gasteiger partial charge on any atom is 0.416 e. The standard InChI is InChI=1S/C18H14F3N3O/c19-18(20,21)12-5-3-11(4-6-12)10-24-16-13(2-1-7-23-16)14-8-22-9-15(14)17(24)25/h1-7,22H,8-10H2. The second kappa shape index (κ2) is 5.70. The van der Waals surface area contributed by atoms with Crippen molar-refractivity contribution in [1.29, 1.82) is 0 Å². The Bertz CT molecular complexity index is 1010. The minimum absolute atomic E-state index is 0.147. The monoisotopic (exact) mass is 345 g/mol. The van der Waals surface area contributed by atoms with Crippen molar-refractivity contribution >= 4 is 11.0 Å². The predicted molar refractivity (Wildman–Crippen MR) is 87.1 cm³/mol. The number of hydrogen-bond acceptors (Lipinski definition) is 3. The Morgan fingerprint density at radius 3 is 2.52 bits per heavy atom. The van der Waals surface area contributed by atoms with E-state index in [0.29, 0.717) is 29.9 Å². The van der Waals surface area contributed by atoms with Crippen LogP contribution in [0.5, 0.6) is 0 Å². The molecule has 1 aliphatic rings. The molecular weight excluding hydrogens is 331 g/mol. The van der Waals surface area contributed by atoms with E-state index in [9.17, 15) is 18.0 Å². The molecule has 1 aromatic carbocycles. The molecule has 0 aliphatic carbocycles. The number of hydrogen-bond donors (Lipinski definition) is 1. The fraction of sp³-hybridized carbons (Fsp3) is 0.222. The van der Waals surface area contributed by atoms with E-state index in [2.05, 4.69) is 10.3 Å². The second-order valence-corrected chi connectivity index (χ2v) is 6.02. The number of nitrogens with zero attached hydrogens (tertiary/aromatic N) is 2. The summed E-state index contributed by atoms with van der Waals surface area (Å²) in [5.41, 5.74) is 1.97. The first-order chi connectivity index (χ1) is 11.9. The van der Waals surface area contributed by atoms with Gasteiger partial charge in [-0.2, -0.15) is 13.2 Å². The van der Waals surface area contributed by atoms with Crippen LogP contribution in [0.15, 0.2) is 47.4 Å². The highest BCUT2D eigenvalue weighted by Gasteiger charge is 2.30. The average Bonchev–Trinajstić information content (AvgIpc) is 3.08. The molecule has 1 N–H and O–H groups in total. The molecule has 25 heavy (non-hydrogen) atoms. The molecule has 4 rings (SSSR count). The largest absolute Gasteiger partial charge is 0.416 e. The van der Waals surface area contributed by atoms with Gasteiger partial charge in [0.2, 0.25) is 0 Å². The van der Waals surface area contributed by atoms with E-state index in [-0.39, 0.29) is 12.1 Å². The molecule has 0 spiro atoms. The lowest BCUT2D eigenvalue weighted by Crippen LogP contribution is -2.26. The minimum Gasteiger partial charge on any atom is -0.308 e. The Morgan fingerprint density at radius 1 is 1.08 bits per heavy atom. The quantitative estimate of drug-likeness (QED) is 0.777. The lowest BCUT2D eigenvalue weighted by molar-refractivity contribution is -0.137. The summed E-state index contributed by atoms with van der Waals surface area (Å²) in [6.07, 6.45) is -2.76. The van der Waals surface area contributed by atoms with E-state index in [1.54, 1.807) is 6.20 Å². The fourth-order valence-corrected chi connectivity index (χ4v) is 3.22. The molecule has 0 saturated heterocycles. The fourth-order valence-electron chi connectivity index (χ4n) is 3.22. The molecular formula is C18H14F3N3O. The number of alkyl halides is 3. The van der Waals surface area contributed by atoms with Gasteiger partial charge in [-0.3, -0.25) is 9.36 Å². The maximum absolute atomic E-state index is 12.8. The van der Waals surface area contributed by atoms with Crippen molar-refractivity contribution in [3.63, 3.8) is 0 Å². The molecule has 7 heteroatoms. The van der Waals surface area contributed by atoms with Crippen LogP contribution >= 0.6 is 0 Å². The van der Waals surface area contributed by atoms with Crippen molar-refractivity contribution in [2.24, 2.45) is 0 Å². The van der Waals surface area contributed by atoms with Gasteiger partial charge in [-0.1, -0.05) is 12.1 Å². The van der Waals surface area contributed by atoms with E-state index in [1.165, 1.54) is 16.7 Å². The molecule has 0 saturated carbocycles. The second-order valence-electron chi connectivity index (χ2n) is 6.02. The Hall–Kier alpha value is -2.67. The van der Waals surface area contributed by atoms with Crippen LogP contribution in [0, 0.1) is 0 Å². The summed E-state index contributed by atoms with van der Waals surface area (Å²) in [6.45, 7) is 1.29. The third-order valence-corrected chi connectivity index (χ3v) is 4.46. The van der Waals surface area contributed by atoms with E-state index >= 15 is 0 Å². The molecule has 0 atom stereocenters. The Morgan fingerprint density at radius 2 is 1.80 bits per heavy atom. The third-order valence-electron chi connectivity index (χ3n) is 4.46. The summed E-state index contributed by atoms with van der Waals surface area (Å²) in [5.74, 6) is 0. The number of rotatable bonds is 2. The van der Waals surface area contributed by atoms with Crippen LogP contribution in [-0.4, -0.2) is 9.55 Å². The van der Waals surface area contributed by atoms with Gasteiger partial charge in [0.15, 0.2) is 0 Å². The van der Waals surface area contributed by atoms with Gasteiger partial charge in [0.25, 0.3) is 5.56 Å². The van der Waals surface area contributed by atoms with Crippen molar-refractivity contribution in [3.8, 4) is 0 Å². The van der Waals surface area contributed by atoms with Gasteiger partial charge in [-0.25, -0.2) is 4.98 Å². The summed E-state index contributed by atoms with van der Waals surface area (Å²) in [6, 6.07) is 8.59. The van der Waals surface area contributed by atoms with Crippen LogP contribution < -0.4 is 10.9 Å². The number of benzene rings is 1. The first-order valence-corrected chi connectivity index (χ1v) is 7.81. The van der Waals surface area contributed by atoms with Crippen molar-refractivity contribution in [1.82, 2.24) is 14.9 Å². The zero-order chi connectivity index (χ0) is 17.6. The van der Waals surface area contributed by atoms with Gasteiger partial charge >= 0.3 is 6.18 Å². The summed E-state index contributed by atoms with van der Waals surface area (Å²) in [4.78, 5) is 17.1.